The molecule has 0 amide bonds. The van der Waals surface area contributed by atoms with Gasteiger partial charge in [-0.05, 0) is 19.4 Å². The summed E-state index contributed by atoms with van der Waals surface area (Å²) in [6, 6.07) is 0. The fourth-order valence-corrected chi connectivity index (χ4v) is 2.05. The van der Waals surface area contributed by atoms with Gasteiger partial charge in [-0.25, -0.2) is 9.78 Å². The van der Waals surface area contributed by atoms with Crippen molar-refractivity contribution in [3.63, 3.8) is 0 Å². The SMILES string of the molecule is Cc1nnc(NCc2cscn2)c(C(=O)O)c1C. The van der Waals surface area contributed by atoms with Crippen LogP contribution in [0.2, 0.25) is 0 Å². The Hall–Kier alpha value is -2.02. The molecule has 2 aromatic heterocycles. The summed E-state index contributed by atoms with van der Waals surface area (Å²) >= 11 is 1.49. The normalized spacial score (nSPS) is 10.3. The lowest BCUT2D eigenvalue weighted by molar-refractivity contribution is 0.0696. The number of rotatable bonds is 4. The molecule has 0 aromatic carbocycles. The minimum absolute atomic E-state index is 0.165. The molecular formula is C11H12N4O2S. The average Bonchev–Trinajstić information content (AvgIpc) is 2.83. The smallest absolute Gasteiger partial charge is 0.339 e. The average molecular weight is 264 g/mol. The highest BCUT2D eigenvalue weighted by Gasteiger charge is 2.17. The molecule has 0 unspecified atom stereocenters. The van der Waals surface area contributed by atoms with Crippen molar-refractivity contribution in [2.45, 2.75) is 20.4 Å². The number of aromatic carboxylic acids is 1. The minimum atomic E-state index is -1.01. The van der Waals surface area contributed by atoms with Crippen LogP contribution in [0.15, 0.2) is 10.9 Å². The van der Waals surface area contributed by atoms with Crippen LogP contribution >= 0.6 is 11.3 Å². The van der Waals surface area contributed by atoms with Crippen molar-refractivity contribution >= 4 is 23.1 Å². The van der Waals surface area contributed by atoms with Crippen molar-refractivity contribution in [2.75, 3.05) is 5.32 Å². The number of nitrogens with zero attached hydrogens (tertiary/aromatic N) is 3. The van der Waals surface area contributed by atoms with Crippen LogP contribution in [0.5, 0.6) is 0 Å². The Bertz CT molecular complexity index is 569. The molecule has 94 valence electrons. The highest BCUT2D eigenvalue weighted by atomic mass is 32.1. The molecule has 2 heterocycles. The molecule has 0 atom stereocenters. The van der Waals surface area contributed by atoms with Crippen molar-refractivity contribution < 1.29 is 9.90 Å². The fourth-order valence-electron chi connectivity index (χ4n) is 1.49. The van der Waals surface area contributed by atoms with Crippen LogP contribution in [0.4, 0.5) is 5.82 Å². The Morgan fingerprint density at radius 3 is 2.83 bits per heavy atom. The first-order valence-corrected chi connectivity index (χ1v) is 6.22. The predicted molar refractivity (Wildman–Crippen MR) is 67.9 cm³/mol. The third-order valence-corrected chi connectivity index (χ3v) is 3.22. The van der Waals surface area contributed by atoms with Gasteiger partial charge in [-0.2, -0.15) is 5.10 Å². The molecule has 0 radical (unpaired) electrons. The van der Waals surface area contributed by atoms with Crippen LogP contribution in [0.25, 0.3) is 0 Å². The first-order chi connectivity index (χ1) is 8.59. The molecule has 2 N–H and O–H groups in total. The number of thiazole rings is 1. The van der Waals surface area contributed by atoms with Gasteiger partial charge >= 0.3 is 5.97 Å². The van der Waals surface area contributed by atoms with Gasteiger partial charge in [0.15, 0.2) is 5.82 Å². The van der Waals surface area contributed by atoms with Gasteiger partial charge in [0.05, 0.1) is 23.4 Å². The van der Waals surface area contributed by atoms with Gasteiger partial charge in [0, 0.05) is 5.38 Å². The monoisotopic (exact) mass is 264 g/mol. The van der Waals surface area contributed by atoms with E-state index >= 15 is 0 Å². The van der Waals surface area contributed by atoms with Crippen LogP contribution < -0.4 is 5.32 Å². The van der Waals surface area contributed by atoms with E-state index in [2.05, 4.69) is 20.5 Å². The zero-order chi connectivity index (χ0) is 13.1. The summed E-state index contributed by atoms with van der Waals surface area (Å²) in [5.74, 6) is -0.732. The second-order valence-corrected chi connectivity index (χ2v) is 4.49. The molecule has 2 aromatic rings. The molecule has 0 saturated heterocycles. The number of anilines is 1. The van der Waals surface area contributed by atoms with E-state index in [9.17, 15) is 9.90 Å². The predicted octanol–water partition coefficient (Wildman–Crippen LogP) is 1.86. The summed E-state index contributed by atoms with van der Waals surface area (Å²) in [5, 5.41) is 21.9. The number of hydrogen-bond acceptors (Lipinski definition) is 6. The number of carbonyl (C=O) groups is 1. The topological polar surface area (TPSA) is 88.0 Å². The lowest BCUT2D eigenvalue weighted by atomic mass is 10.1. The third kappa shape index (κ3) is 2.45. The van der Waals surface area contributed by atoms with Gasteiger partial charge in [-0.3, -0.25) is 0 Å². The van der Waals surface area contributed by atoms with E-state index < -0.39 is 5.97 Å². The Labute approximate surface area is 108 Å². The fraction of sp³-hybridized carbons (Fsp3) is 0.273. The highest BCUT2D eigenvalue weighted by Crippen LogP contribution is 2.19. The summed E-state index contributed by atoms with van der Waals surface area (Å²) in [4.78, 5) is 15.3. The molecule has 6 nitrogen and oxygen atoms in total. The number of hydrogen-bond donors (Lipinski definition) is 2. The first-order valence-electron chi connectivity index (χ1n) is 5.27. The Morgan fingerprint density at radius 1 is 1.44 bits per heavy atom. The second kappa shape index (κ2) is 5.09. The standard InChI is InChI=1S/C11H12N4O2S/c1-6-7(2)14-15-10(9(6)11(16)17)12-3-8-4-18-5-13-8/h4-5H,3H2,1-2H3,(H,12,15)(H,16,17). The van der Waals surface area contributed by atoms with Crippen LogP contribution in [0.1, 0.15) is 27.3 Å². The first kappa shape index (κ1) is 12.4. The molecule has 0 aliphatic carbocycles. The molecule has 18 heavy (non-hydrogen) atoms. The molecule has 0 bridgehead atoms. The number of aryl methyl sites for hydroxylation is 1. The highest BCUT2D eigenvalue weighted by molar-refractivity contribution is 7.07. The van der Waals surface area contributed by atoms with E-state index in [4.69, 9.17) is 0 Å². The maximum Gasteiger partial charge on any atom is 0.339 e. The van der Waals surface area contributed by atoms with Gasteiger partial charge in [0.1, 0.15) is 5.56 Å². The zero-order valence-electron chi connectivity index (χ0n) is 9.97. The van der Waals surface area contributed by atoms with Crippen LogP contribution in [-0.2, 0) is 6.54 Å². The Kier molecular flexibility index (Phi) is 3.52. The third-order valence-electron chi connectivity index (χ3n) is 2.59. The molecule has 0 aliphatic rings. The van der Waals surface area contributed by atoms with Crippen LogP contribution in [0, 0.1) is 13.8 Å². The van der Waals surface area contributed by atoms with Crippen LogP contribution in [0.3, 0.4) is 0 Å². The summed E-state index contributed by atoms with van der Waals surface area (Å²) < 4.78 is 0. The van der Waals surface area contributed by atoms with E-state index in [1.807, 2.05) is 5.38 Å². The zero-order valence-corrected chi connectivity index (χ0v) is 10.8. The van der Waals surface area contributed by atoms with Gasteiger partial charge in [-0.15, -0.1) is 16.4 Å². The number of nitrogens with one attached hydrogen (secondary N) is 1. The second-order valence-electron chi connectivity index (χ2n) is 3.77. The lowest BCUT2D eigenvalue weighted by Gasteiger charge is -2.10. The molecule has 0 fully saturated rings. The number of carboxylic acids is 1. The number of carboxylic acid groups (broad SMARTS) is 1. The molecule has 0 aliphatic heterocycles. The lowest BCUT2D eigenvalue weighted by Crippen LogP contribution is -2.12. The van der Waals surface area contributed by atoms with E-state index in [1.54, 1.807) is 19.4 Å². The molecular weight excluding hydrogens is 252 g/mol. The summed E-state index contributed by atoms with van der Waals surface area (Å²) in [6.45, 7) is 3.89. The van der Waals surface area contributed by atoms with E-state index in [0.29, 0.717) is 17.8 Å². The van der Waals surface area contributed by atoms with E-state index in [1.165, 1.54) is 11.3 Å². The van der Waals surface area contributed by atoms with Crippen molar-refractivity contribution in [3.8, 4) is 0 Å². The van der Waals surface area contributed by atoms with Gasteiger partial charge in [0.2, 0.25) is 0 Å². The molecule has 2 rings (SSSR count). The van der Waals surface area contributed by atoms with Crippen molar-refractivity contribution in [1.82, 2.24) is 15.2 Å². The largest absolute Gasteiger partial charge is 0.478 e. The molecule has 7 heteroatoms. The van der Waals surface area contributed by atoms with Crippen LogP contribution in [-0.4, -0.2) is 26.3 Å². The Morgan fingerprint density at radius 2 is 2.22 bits per heavy atom. The van der Waals surface area contributed by atoms with E-state index in [-0.39, 0.29) is 11.4 Å². The summed E-state index contributed by atoms with van der Waals surface area (Å²) in [5.41, 5.74) is 3.97. The van der Waals surface area contributed by atoms with Crippen molar-refractivity contribution in [2.24, 2.45) is 0 Å². The maximum absolute atomic E-state index is 11.2. The van der Waals surface area contributed by atoms with E-state index in [0.717, 1.165) is 5.69 Å². The van der Waals surface area contributed by atoms with Gasteiger partial charge in [0.25, 0.3) is 0 Å². The van der Waals surface area contributed by atoms with Gasteiger partial charge < -0.3 is 10.4 Å². The quantitative estimate of drug-likeness (QED) is 0.876. The number of aromatic nitrogens is 3. The Balaban J connectivity index is 2.27. The maximum atomic E-state index is 11.2. The van der Waals surface area contributed by atoms with Crippen molar-refractivity contribution in [1.29, 1.82) is 0 Å². The van der Waals surface area contributed by atoms with Gasteiger partial charge in [-0.1, -0.05) is 0 Å². The molecule has 0 saturated carbocycles. The summed E-state index contributed by atoms with van der Waals surface area (Å²) in [6.07, 6.45) is 0. The van der Waals surface area contributed by atoms with Crippen molar-refractivity contribution in [3.05, 3.63) is 33.4 Å². The molecule has 0 spiro atoms. The summed E-state index contributed by atoms with van der Waals surface area (Å²) in [7, 11) is 0. The minimum Gasteiger partial charge on any atom is -0.478 e.